The van der Waals surface area contributed by atoms with Crippen LogP contribution in [0.4, 0.5) is 0 Å². The van der Waals surface area contributed by atoms with E-state index in [1.165, 1.54) is 12.8 Å². The van der Waals surface area contributed by atoms with Crippen LogP contribution in [-0.4, -0.2) is 24.7 Å². The Morgan fingerprint density at radius 2 is 2.00 bits per heavy atom. The van der Waals surface area contributed by atoms with Crippen LogP contribution in [-0.2, 0) is 0 Å². The van der Waals surface area contributed by atoms with E-state index >= 15 is 0 Å². The molecule has 3 nitrogen and oxygen atoms in total. The van der Waals surface area contributed by atoms with E-state index in [0.717, 1.165) is 13.1 Å². The van der Waals surface area contributed by atoms with Crippen LogP contribution < -0.4 is 0 Å². The molecule has 0 bridgehead atoms. The highest BCUT2D eigenvalue weighted by Crippen LogP contribution is 2.05. The first-order valence-electron chi connectivity index (χ1n) is 2.99. The summed E-state index contributed by atoms with van der Waals surface area (Å²) in [6.07, 6.45) is 2.57. The molecule has 1 aliphatic heterocycles. The first-order valence-corrected chi connectivity index (χ1v) is 2.99. The molecule has 46 valence electrons. The molecule has 0 saturated carbocycles. The molecule has 0 unspecified atom stereocenters. The molecule has 1 fully saturated rings. The van der Waals surface area contributed by atoms with E-state index in [9.17, 15) is 0 Å². The van der Waals surface area contributed by atoms with Gasteiger partial charge in [0, 0.05) is 0 Å². The molecule has 0 radical (unpaired) electrons. The molecule has 0 aromatic rings. The molecule has 0 spiro atoms. The predicted molar refractivity (Wildman–Crippen MR) is 30.8 cm³/mol. The monoisotopic (exact) mass is 113 g/mol. The Morgan fingerprint density at radius 3 is 2.50 bits per heavy atom. The van der Waals surface area contributed by atoms with Crippen molar-refractivity contribution in [3.8, 4) is 0 Å². The zero-order valence-corrected chi connectivity index (χ0v) is 4.93. The first kappa shape index (κ1) is 5.69. The van der Waals surface area contributed by atoms with Crippen molar-refractivity contribution in [2.75, 3.05) is 19.8 Å². The van der Waals surface area contributed by atoms with Gasteiger partial charge >= 0.3 is 0 Å². The van der Waals surface area contributed by atoms with Crippen LogP contribution in [0, 0.1) is 5.53 Å². The van der Waals surface area contributed by atoms with Crippen molar-refractivity contribution < 1.29 is 0 Å². The Balaban J connectivity index is 2.14. The smallest absolute Gasteiger partial charge is 0.112 e. The van der Waals surface area contributed by atoms with Gasteiger partial charge in [0.05, 0.1) is 0 Å². The molecule has 1 aliphatic rings. The summed E-state index contributed by atoms with van der Waals surface area (Å²) in [5, 5.41) is 3.29. The van der Waals surface area contributed by atoms with Crippen molar-refractivity contribution in [1.29, 1.82) is 5.53 Å². The van der Waals surface area contributed by atoms with Crippen LogP contribution in [0.1, 0.15) is 12.8 Å². The molecule has 8 heavy (non-hydrogen) atoms. The van der Waals surface area contributed by atoms with E-state index in [1.54, 1.807) is 0 Å². The molecule has 3 heteroatoms. The minimum Gasteiger partial charge on any atom is -0.283 e. The maximum absolute atomic E-state index is 6.55. The Labute approximate surface area is 49.2 Å². The van der Waals surface area contributed by atoms with E-state index in [2.05, 4.69) is 10.0 Å². The van der Waals surface area contributed by atoms with Gasteiger partial charge in [-0.2, -0.15) is 5.11 Å². The van der Waals surface area contributed by atoms with E-state index in [1.807, 2.05) is 0 Å². The number of hydrogen-bond donors (Lipinski definition) is 1. The number of hydrogen-bond acceptors (Lipinski definition) is 3. The number of nitrogens with one attached hydrogen (secondary N) is 1. The van der Waals surface area contributed by atoms with Crippen molar-refractivity contribution in [2.24, 2.45) is 5.11 Å². The third kappa shape index (κ3) is 1.26. The van der Waals surface area contributed by atoms with Gasteiger partial charge in [0.25, 0.3) is 0 Å². The third-order valence-corrected chi connectivity index (χ3v) is 1.47. The Kier molecular flexibility index (Phi) is 1.97. The highest BCUT2D eigenvalue weighted by molar-refractivity contribution is 4.62. The summed E-state index contributed by atoms with van der Waals surface area (Å²) in [5.41, 5.74) is 6.55. The lowest BCUT2D eigenvalue weighted by atomic mass is 10.4. The van der Waals surface area contributed by atoms with Gasteiger partial charge in [-0.3, -0.25) is 4.90 Å². The lowest BCUT2D eigenvalue weighted by Crippen LogP contribution is -2.18. The largest absolute Gasteiger partial charge is 0.283 e. The molecule has 1 rings (SSSR count). The molecule has 1 N–H and O–H groups in total. The van der Waals surface area contributed by atoms with Crippen LogP contribution in [0.15, 0.2) is 5.11 Å². The minimum absolute atomic E-state index is 0.611. The van der Waals surface area contributed by atoms with Crippen LogP contribution in [0.5, 0.6) is 0 Å². The summed E-state index contributed by atoms with van der Waals surface area (Å²) in [7, 11) is 0. The highest BCUT2D eigenvalue weighted by Gasteiger charge is 2.08. The number of rotatable bonds is 2. The summed E-state index contributed by atoms with van der Waals surface area (Å²) in [5.74, 6) is 0. The molecule has 1 heterocycles. The maximum atomic E-state index is 6.55. The Bertz CT molecular complexity index is 75.7. The highest BCUT2D eigenvalue weighted by atomic mass is 15.2. The molecule has 0 aliphatic carbocycles. The maximum Gasteiger partial charge on any atom is 0.112 e. The van der Waals surface area contributed by atoms with Crippen LogP contribution in [0.2, 0.25) is 0 Å². The topological polar surface area (TPSA) is 39.5 Å². The molecule has 1 saturated heterocycles. The van der Waals surface area contributed by atoms with Gasteiger partial charge in [0.2, 0.25) is 0 Å². The average molecular weight is 113 g/mol. The molecule has 0 amide bonds. The van der Waals surface area contributed by atoms with Crippen molar-refractivity contribution in [2.45, 2.75) is 12.8 Å². The van der Waals surface area contributed by atoms with Crippen LogP contribution >= 0.6 is 0 Å². The lowest BCUT2D eigenvalue weighted by molar-refractivity contribution is 0.341. The minimum atomic E-state index is 0.611. The first-order chi connectivity index (χ1) is 3.93. The van der Waals surface area contributed by atoms with E-state index < -0.39 is 0 Å². The normalized spacial score (nSPS) is 21.5. The van der Waals surface area contributed by atoms with Gasteiger partial charge in [-0.25, -0.2) is 5.53 Å². The van der Waals surface area contributed by atoms with Gasteiger partial charge in [-0.05, 0) is 25.9 Å². The molecular weight excluding hydrogens is 102 g/mol. The van der Waals surface area contributed by atoms with Gasteiger partial charge in [0.1, 0.15) is 6.67 Å². The standard InChI is InChI=1S/C5H11N3/c6-7-5-8-3-1-2-4-8/h6H,1-5H2. The summed E-state index contributed by atoms with van der Waals surface area (Å²) in [6, 6.07) is 0. The van der Waals surface area contributed by atoms with E-state index in [-0.39, 0.29) is 0 Å². The summed E-state index contributed by atoms with van der Waals surface area (Å²) in [4.78, 5) is 2.19. The zero-order valence-electron chi connectivity index (χ0n) is 4.93. The summed E-state index contributed by atoms with van der Waals surface area (Å²) in [6.45, 7) is 2.89. The average Bonchev–Trinajstić information content (AvgIpc) is 2.19. The fourth-order valence-corrected chi connectivity index (χ4v) is 1.02. The molecular formula is C5H11N3. The molecule has 0 aromatic carbocycles. The van der Waals surface area contributed by atoms with Crippen molar-refractivity contribution >= 4 is 0 Å². The van der Waals surface area contributed by atoms with Gasteiger partial charge < -0.3 is 0 Å². The second-order valence-electron chi connectivity index (χ2n) is 2.12. The predicted octanol–water partition coefficient (Wildman–Crippen LogP) is 1.07. The van der Waals surface area contributed by atoms with Gasteiger partial charge in [-0.1, -0.05) is 0 Å². The zero-order chi connectivity index (χ0) is 5.82. The SMILES string of the molecule is N=NCN1CCCC1. The summed E-state index contributed by atoms with van der Waals surface area (Å²) >= 11 is 0. The van der Waals surface area contributed by atoms with Crippen molar-refractivity contribution in [1.82, 2.24) is 4.90 Å². The second-order valence-corrected chi connectivity index (χ2v) is 2.12. The molecule has 0 atom stereocenters. The Hall–Kier alpha value is -0.440. The van der Waals surface area contributed by atoms with Crippen LogP contribution in [0.25, 0.3) is 0 Å². The van der Waals surface area contributed by atoms with Crippen LogP contribution in [0.3, 0.4) is 0 Å². The summed E-state index contributed by atoms with van der Waals surface area (Å²) < 4.78 is 0. The number of nitrogens with zero attached hydrogens (tertiary/aromatic N) is 2. The lowest BCUT2D eigenvalue weighted by Gasteiger charge is -2.07. The van der Waals surface area contributed by atoms with Crippen molar-refractivity contribution in [3.63, 3.8) is 0 Å². The Morgan fingerprint density at radius 1 is 1.38 bits per heavy atom. The van der Waals surface area contributed by atoms with E-state index in [4.69, 9.17) is 5.53 Å². The fraction of sp³-hybridized carbons (Fsp3) is 1.00. The van der Waals surface area contributed by atoms with E-state index in [0.29, 0.717) is 6.67 Å². The second kappa shape index (κ2) is 2.77. The molecule has 0 aromatic heterocycles. The third-order valence-electron chi connectivity index (χ3n) is 1.47. The van der Waals surface area contributed by atoms with Crippen molar-refractivity contribution in [3.05, 3.63) is 0 Å². The number of likely N-dealkylation sites (tertiary alicyclic amines) is 1. The quantitative estimate of drug-likeness (QED) is 0.534. The van der Waals surface area contributed by atoms with Gasteiger partial charge in [-0.15, -0.1) is 0 Å². The van der Waals surface area contributed by atoms with Gasteiger partial charge in [0.15, 0.2) is 0 Å². The fourth-order valence-electron chi connectivity index (χ4n) is 1.02.